The van der Waals surface area contributed by atoms with Crippen LogP contribution in [0.1, 0.15) is 19.8 Å². The largest absolute Gasteiger partial charge is 0.355 e. The molecule has 126 valence electrons. The Hall–Kier alpha value is -2.41. The van der Waals surface area contributed by atoms with E-state index in [2.05, 4.69) is 20.7 Å². The van der Waals surface area contributed by atoms with E-state index in [9.17, 15) is 9.59 Å². The summed E-state index contributed by atoms with van der Waals surface area (Å²) in [6.07, 6.45) is 4.02. The third kappa shape index (κ3) is 3.73. The number of para-hydroxylation sites is 1. The number of amides is 2. The van der Waals surface area contributed by atoms with Gasteiger partial charge in [-0.25, -0.2) is 9.67 Å². The second-order valence-electron chi connectivity index (χ2n) is 5.88. The minimum Gasteiger partial charge on any atom is -0.355 e. The molecule has 0 saturated heterocycles. The van der Waals surface area contributed by atoms with Crippen LogP contribution >= 0.6 is 11.6 Å². The summed E-state index contributed by atoms with van der Waals surface area (Å²) in [5.74, 6) is 0.388. The normalized spacial score (nSPS) is 18.9. The zero-order valence-electron chi connectivity index (χ0n) is 13.2. The first kappa shape index (κ1) is 16.4. The fourth-order valence-electron chi connectivity index (χ4n) is 2.50. The van der Waals surface area contributed by atoms with E-state index in [1.54, 1.807) is 18.2 Å². The van der Waals surface area contributed by atoms with E-state index in [0.717, 1.165) is 6.42 Å². The number of halogens is 1. The van der Waals surface area contributed by atoms with Crippen molar-refractivity contribution >= 4 is 29.1 Å². The van der Waals surface area contributed by atoms with Crippen molar-refractivity contribution in [3.63, 3.8) is 0 Å². The van der Waals surface area contributed by atoms with Gasteiger partial charge in [-0.3, -0.25) is 9.59 Å². The van der Waals surface area contributed by atoms with Gasteiger partial charge in [0, 0.05) is 18.9 Å². The molecule has 24 heavy (non-hydrogen) atoms. The van der Waals surface area contributed by atoms with Crippen LogP contribution in [0.5, 0.6) is 0 Å². The van der Waals surface area contributed by atoms with Gasteiger partial charge in [-0.2, -0.15) is 5.10 Å². The van der Waals surface area contributed by atoms with Gasteiger partial charge in [0.2, 0.25) is 11.8 Å². The highest BCUT2D eigenvalue weighted by molar-refractivity contribution is 6.33. The molecule has 0 unspecified atom stereocenters. The van der Waals surface area contributed by atoms with Crippen LogP contribution < -0.4 is 10.6 Å². The van der Waals surface area contributed by atoms with Crippen molar-refractivity contribution in [3.05, 3.63) is 35.9 Å². The second-order valence-corrected chi connectivity index (χ2v) is 6.29. The van der Waals surface area contributed by atoms with Gasteiger partial charge in [0.25, 0.3) is 0 Å². The lowest BCUT2D eigenvalue weighted by Crippen LogP contribution is -2.29. The molecule has 2 N–H and O–H groups in total. The van der Waals surface area contributed by atoms with Crippen molar-refractivity contribution in [3.8, 4) is 5.69 Å². The van der Waals surface area contributed by atoms with Crippen LogP contribution in [0, 0.1) is 11.8 Å². The molecule has 7 nitrogen and oxygen atoms in total. The van der Waals surface area contributed by atoms with Crippen LogP contribution in [0.15, 0.2) is 30.9 Å². The van der Waals surface area contributed by atoms with Crippen LogP contribution in [0.3, 0.4) is 0 Å². The SMILES string of the molecule is C[C@H]1C[C@H]1C(=O)NCCC(=O)Nc1cccc(Cl)c1-n1cncn1. The Labute approximate surface area is 144 Å². The van der Waals surface area contributed by atoms with Gasteiger partial charge in [-0.1, -0.05) is 24.6 Å². The highest BCUT2D eigenvalue weighted by atomic mass is 35.5. The molecule has 3 rings (SSSR count). The summed E-state index contributed by atoms with van der Waals surface area (Å²) < 4.78 is 1.49. The zero-order valence-corrected chi connectivity index (χ0v) is 14.0. The lowest BCUT2D eigenvalue weighted by atomic mass is 10.2. The van der Waals surface area contributed by atoms with Crippen molar-refractivity contribution in [2.24, 2.45) is 11.8 Å². The molecule has 0 bridgehead atoms. The summed E-state index contributed by atoms with van der Waals surface area (Å²) >= 11 is 6.21. The third-order valence-corrected chi connectivity index (χ3v) is 4.31. The molecule has 0 aliphatic heterocycles. The minimum atomic E-state index is -0.206. The number of aromatic nitrogens is 3. The number of carbonyl (C=O) groups excluding carboxylic acids is 2. The molecule has 0 radical (unpaired) electrons. The lowest BCUT2D eigenvalue weighted by molar-refractivity contribution is -0.122. The second kappa shape index (κ2) is 7.00. The van der Waals surface area contributed by atoms with Crippen molar-refractivity contribution in [1.29, 1.82) is 0 Å². The van der Waals surface area contributed by atoms with Crippen molar-refractivity contribution in [2.75, 3.05) is 11.9 Å². The monoisotopic (exact) mass is 347 g/mol. The Morgan fingerprint density at radius 3 is 2.88 bits per heavy atom. The van der Waals surface area contributed by atoms with Crippen LogP contribution in [0.2, 0.25) is 5.02 Å². The molecule has 1 aliphatic carbocycles. The smallest absolute Gasteiger partial charge is 0.226 e. The minimum absolute atomic E-state index is 0.0290. The van der Waals surface area contributed by atoms with Crippen molar-refractivity contribution < 1.29 is 9.59 Å². The number of benzene rings is 1. The molecule has 1 aromatic carbocycles. The summed E-state index contributed by atoms with van der Waals surface area (Å²) in [6.45, 7) is 2.36. The average Bonchev–Trinajstić information content (AvgIpc) is 3.05. The molecule has 2 amide bonds. The first-order valence-corrected chi connectivity index (χ1v) is 8.15. The Kier molecular flexibility index (Phi) is 4.80. The van der Waals surface area contributed by atoms with Crippen molar-refractivity contribution in [1.82, 2.24) is 20.1 Å². The number of nitrogens with one attached hydrogen (secondary N) is 2. The molecule has 8 heteroatoms. The van der Waals surface area contributed by atoms with Gasteiger partial charge in [-0.15, -0.1) is 0 Å². The summed E-state index contributed by atoms with van der Waals surface area (Å²) in [5.41, 5.74) is 1.10. The maximum atomic E-state index is 12.1. The molecule has 1 heterocycles. The lowest BCUT2D eigenvalue weighted by Gasteiger charge is -2.12. The van der Waals surface area contributed by atoms with E-state index >= 15 is 0 Å². The van der Waals surface area contributed by atoms with Crippen LogP contribution in [-0.4, -0.2) is 33.1 Å². The predicted molar refractivity (Wildman–Crippen MR) is 89.9 cm³/mol. The zero-order chi connectivity index (χ0) is 17.1. The van der Waals surface area contributed by atoms with E-state index in [-0.39, 0.29) is 24.2 Å². The van der Waals surface area contributed by atoms with Gasteiger partial charge in [-0.05, 0) is 24.5 Å². The molecule has 2 aromatic rings. The Morgan fingerprint density at radius 2 is 2.21 bits per heavy atom. The number of rotatable bonds is 6. The van der Waals surface area contributed by atoms with Gasteiger partial charge in [0.05, 0.1) is 10.7 Å². The molecule has 0 spiro atoms. The molecular formula is C16H18ClN5O2. The highest BCUT2D eigenvalue weighted by Gasteiger charge is 2.38. The predicted octanol–water partition coefficient (Wildman–Crippen LogP) is 2.02. The van der Waals surface area contributed by atoms with Crippen LogP contribution in [0.4, 0.5) is 5.69 Å². The highest BCUT2D eigenvalue weighted by Crippen LogP contribution is 2.37. The maximum absolute atomic E-state index is 12.1. The third-order valence-electron chi connectivity index (χ3n) is 4.01. The standard InChI is InChI=1S/C16H18ClN5O2/c1-10-7-11(10)16(24)19-6-5-14(23)21-13-4-2-3-12(17)15(13)22-9-18-8-20-22/h2-4,8-11H,5-7H2,1H3,(H,19,24)(H,21,23)/t10-,11+/m0/s1. The number of carbonyl (C=O) groups is 2. The fourth-order valence-corrected chi connectivity index (χ4v) is 2.76. The van der Waals surface area contributed by atoms with Gasteiger partial charge in [0.1, 0.15) is 18.3 Å². The van der Waals surface area contributed by atoms with Gasteiger partial charge in [0.15, 0.2) is 0 Å². The fraction of sp³-hybridized carbons (Fsp3) is 0.375. The molecule has 2 atom stereocenters. The molecule has 1 aromatic heterocycles. The molecular weight excluding hydrogens is 330 g/mol. The maximum Gasteiger partial charge on any atom is 0.226 e. The summed E-state index contributed by atoms with van der Waals surface area (Å²) in [4.78, 5) is 27.7. The van der Waals surface area contributed by atoms with E-state index in [4.69, 9.17) is 11.6 Å². The molecule has 1 saturated carbocycles. The molecule has 1 fully saturated rings. The van der Waals surface area contributed by atoms with E-state index in [1.807, 2.05) is 6.92 Å². The Balaban J connectivity index is 1.58. The van der Waals surface area contributed by atoms with Crippen molar-refractivity contribution in [2.45, 2.75) is 19.8 Å². The first-order chi connectivity index (χ1) is 11.6. The average molecular weight is 348 g/mol. The van der Waals surface area contributed by atoms with E-state index in [0.29, 0.717) is 28.9 Å². The summed E-state index contributed by atoms with van der Waals surface area (Å²) in [5, 5.41) is 10.1. The number of hydrogen-bond acceptors (Lipinski definition) is 4. The quantitative estimate of drug-likeness (QED) is 0.836. The number of hydrogen-bond donors (Lipinski definition) is 2. The van der Waals surface area contributed by atoms with Crippen LogP contribution in [0.25, 0.3) is 5.69 Å². The topological polar surface area (TPSA) is 88.9 Å². The first-order valence-electron chi connectivity index (χ1n) is 7.77. The van der Waals surface area contributed by atoms with E-state index < -0.39 is 0 Å². The van der Waals surface area contributed by atoms with E-state index in [1.165, 1.54) is 17.3 Å². The van der Waals surface area contributed by atoms with Gasteiger partial charge >= 0.3 is 0 Å². The Morgan fingerprint density at radius 1 is 1.42 bits per heavy atom. The number of nitrogens with zero attached hydrogens (tertiary/aromatic N) is 3. The summed E-state index contributed by atoms with van der Waals surface area (Å²) in [7, 11) is 0. The van der Waals surface area contributed by atoms with Crippen LogP contribution in [-0.2, 0) is 9.59 Å². The Bertz CT molecular complexity index is 747. The van der Waals surface area contributed by atoms with Gasteiger partial charge < -0.3 is 10.6 Å². The summed E-state index contributed by atoms with van der Waals surface area (Å²) in [6, 6.07) is 5.20. The number of anilines is 1. The molecule has 1 aliphatic rings.